The molecule has 0 bridgehead atoms. The smallest absolute Gasteiger partial charge is 0.255 e. The number of carbonyl (C=O) groups is 1. The summed E-state index contributed by atoms with van der Waals surface area (Å²) in [6, 6.07) is 25.8. The summed E-state index contributed by atoms with van der Waals surface area (Å²) in [7, 11) is 0. The molecular formula is C28H20N6O. The number of anilines is 5. The van der Waals surface area contributed by atoms with Gasteiger partial charge in [0.25, 0.3) is 5.91 Å². The number of hydrogen-bond acceptors (Lipinski definition) is 5. The number of rotatable bonds is 6. The van der Waals surface area contributed by atoms with Crippen molar-refractivity contribution in [2.45, 2.75) is 0 Å². The van der Waals surface area contributed by atoms with Gasteiger partial charge >= 0.3 is 0 Å². The van der Waals surface area contributed by atoms with E-state index in [1.54, 1.807) is 36.8 Å². The summed E-state index contributed by atoms with van der Waals surface area (Å²) in [5, 5.41) is 10.5. The van der Waals surface area contributed by atoms with Crippen molar-refractivity contribution in [2.24, 2.45) is 0 Å². The van der Waals surface area contributed by atoms with Crippen molar-refractivity contribution < 1.29 is 4.79 Å². The molecule has 0 atom stereocenters. The summed E-state index contributed by atoms with van der Waals surface area (Å²) in [5.74, 6) is -0.200. The highest BCUT2D eigenvalue weighted by molar-refractivity contribution is 6.04. The zero-order valence-corrected chi connectivity index (χ0v) is 18.6. The van der Waals surface area contributed by atoms with Crippen molar-refractivity contribution in [3.63, 3.8) is 0 Å². The van der Waals surface area contributed by atoms with Crippen LogP contribution in [0.1, 0.15) is 10.4 Å². The van der Waals surface area contributed by atoms with Crippen LogP contribution in [0.5, 0.6) is 0 Å². The Bertz CT molecular complexity index is 1540. The fourth-order valence-corrected chi connectivity index (χ4v) is 3.65. The number of hydrogen-bond donors (Lipinski definition) is 3. The summed E-state index contributed by atoms with van der Waals surface area (Å²) in [5.41, 5.74) is 6.04. The van der Waals surface area contributed by atoms with E-state index < -0.39 is 0 Å². The summed E-state index contributed by atoms with van der Waals surface area (Å²) in [4.78, 5) is 24.7. The Labute approximate surface area is 202 Å². The lowest BCUT2D eigenvalue weighted by atomic mass is 10.1. The first-order valence-electron chi connectivity index (χ1n) is 10.9. The lowest BCUT2D eigenvalue weighted by molar-refractivity contribution is 0.102. The van der Waals surface area contributed by atoms with Crippen LogP contribution in [-0.2, 0) is 0 Å². The van der Waals surface area contributed by atoms with Crippen LogP contribution in [0.15, 0.2) is 104 Å². The number of nitrogens with one attached hydrogen (secondary N) is 3. The van der Waals surface area contributed by atoms with Gasteiger partial charge in [0, 0.05) is 58.0 Å². The van der Waals surface area contributed by atoms with E-state index in [-0.39, 0.29) is 5.91 Å². The number of nitrogens with zero attached hydrogens (tertiary/aromatic N) is 3. The molecule has 7 heteroatoms. The number of aromatic nitrogens is 2. The fraction of sp³-hybridized carbons (Fsp3) is 0. The topological polar surface area (TPSA) is 83.3 Å². The third-order valence-electron chi connectivity index (χ3n) is 5.37. The summed E-state index contributed by atoms with van der Waals surface area (Å²) < 4.78 is 0. The van der Waals surface area contributed by atoms with Crippen molar-refractivity contribution in [3.8, 4) is 0 Å². The molecular weight excluding hydrogens is 436 g/mol. The van der Waals surface area contributed by atoms with Gasteiger partial charge in [0.2, 0.25) is 0 Å². The lowest BCUT2D eigenvalue weighted by Crippen LogP contribution is -2.11. The van der Waals surface area contributed by atoms with E-state index in [4.69, 9.17) is 6.57 Å². The Morgan fingerprint density at radius 3 is 2.31 bits per heavy atom. The molecule has 168 valence electrons. The second-order valence-corrected chi connectivity index (χ2v) is 7.77. The molecule has 0 aliphatic heterocycles. The summed E-state index contributed by atoms with van der Waals surface area (Å²) in [6.45, 7) is 7.26. The van der Waals surface area contributed by atoms with Crippen molar-refractivity contribution in [1.29, 1.82) is 0 Å². The predicted molar refractivity (Wildman–Crippen MR) is 140 cm³/mol. The Kier molecular flexibility index (Phi) is 6.01. The molecule has 7 nitrogen and oxygen atoms in total. The second-order valence-electron chi connectivity index (χ2n) is 7.77. The van der Waals surface area contributed by atoms with Crippen LogP contribution in [0.25, 0.3) is 15.7 Å². The van der Waals surface area contributed by atoms with Gasteiger partial charge in [-0.15, -0.1) is 0 Å². The molecule has 0 aliphatic rings. The molecule has 0 fully saturated rings. The predicted octanol–water partition coefficient (Wildman–Crippen LogP) is 6.92. The van der Waals surface area contributed by atoms with Crippen LogP contribution in [0.4, 0.5) is 34.1 Å². The van der Waals surface area contributed by atoms with Crippen LogP contribution in [0, 0.1) is 6.57 Å². The van der Waals surface area contributed by atoms with Crippen molar-refractivity contribution >= 4 is 50.9 Å². The Morgan fingerprint density at radius 2 is 1.51 bits per heavy atom. The maximum Gasteiger partial charge on any atom is 0.255 e. The van der Waals surface area contributed by atoms with E-state index in [0.29, 0.717) is 16.9 Å². The van der Waals surface area contributed by atoms with Crippen molar-refractivity contribution in [1.82, 2.24) is 9.97 Å². The van der Waals surface area contributed by atoms with E-state index >= 15 is 0 Å². The highest BCUT2D eigenvalue weighted by atomic mass is 16.1. The third-order valence-corrected chi connectivity index (χ3v) is 5.37. The average molecular weight is 457 g/mol. The number of fused-ring (bicyclic) bond motifs is 1. The second kappa shape index (κ2) is 9.73. The first-order valence-corrected chi connectivity index (χ1v) is 10.9. The van der Waals surface area contributed by atoms with Crippen LogP contribution in [0.3, 0.4) is 0 Å². The molecule has 35 heavy (non-hydrogen) atoms. The van der Waals surface area contributed by atoms with E-state index in [2.05, 4.69) is 30.8 Å². The molecule has 5 rings (SSSR count). The van der Waals surface area contributed by atoms with Crippen LogP contribution < -0.4 is 16.0 Å². The molecule has 2 aromatic heterocycles. The van der Waals surface area contributed by atoms with Gasteiger partial charge in [-0.3, -0.25) is 14.8 Å². The minimum absolute atomic E-state index is 0.200. The molecule has 0 spiro atoms. The van der Waals surface area contributed by atoms with Gasteiger partial charge in [-0.25, -0.2) is 4.85 Å². The molecule has 1 amide bonds. The van der Waals surface area contributed by atoms with E-state index in [0.717, 1.165) is 33.7 Å². The number of benzene rings is 3. The molecule has 3 aromatic carbocycles. The standard InChI is InChI=1S/C28H20N6O/c1-29-22-9-10-26-25(18-22)27(13-16-31-26)33-20-7-5-19(6-8-20)28(35)34-24-4-2-3-23(17-24)32-21-11-14-30-15-12-21/h2-18H,(H,30,32)(H,31,33)(H,34,35). The van der Waals surface area contributed by atoms with Crippen molar-refractivity contribution in [3.05, 3.63) is 121 Å². The Balaban J connectivity index is 1.28. The molecule has 0 aliphatic carbocycles. The van der Waals surface area contributed by atoms with Gasteiger partial charge in [0.1, 0.15) is 0 Å². The quantitative estimate of drug-likeness (QED) is 0.242. The molecule has 0 unspecified atom stereocenters. The zero-order valence-electron chi connectivity index (χ0n) is 18.6. The first kappa shape index (κ1) is 21.6. The maximum absolute atomic E-state index is 12.8. The third kappa shape index (κ3) is 5.07. The lowest BCUT2D eigenvalue weighted by Gasteiger charge is -2.11. The molecule has 5 aromatic rings. The number of amides is 1. The molecule has 3 N–H and O–H groups in total. The minimum atomic E-state index is -0.200. The van der Waals surface area contributed by atoms with Gasteiger partial charge in [-0.1, -0.05) is 12.1 Å². The Morgan fingerprint density at radius 1 is 0.743 bits per heavy atom. The van der Waals surface area contributed by atoms with Gasteiger partial charge in [0.05, 0.1) is 12.1 Å². The number of pyridine rings is 2. The highest BCUT2D eigenvalue weighted by Gasteiger charge is 2.08. The van der Waals surface area contributed by atoms with Crippen LogP contribution in [-0.4, -0.2) is 15.9 Å². The molecule has 0 saturated heterocycles. The molecule has 0 saturated carbocycles. The van der Waals surface area contributed by atoms with Crippen LogP contribution >= 0.6 is 0 Å². The SMILES string of the molecule is [C-]#[N+]c1ccc2nccc(Nc3ccc(C(=O)Nc4cccc(Nc5ccncc5)c4)cc3)c2c1. The Hall–Kier alpha value is -5.22. The van der Waals surface area contributed by atoms with Gasteiger partial charge < -0.3 is 16.0 Å². The zero-order chi connectivity index (χ0) is 24.0. The summed E-state index contributed by atoms with van der Waals surface area (Å²) >= 11 is 0. The maximum atomic E-state index is 12.8. The normalized spacial score (nSPS) is 10.4. The van der Waals surface area contributed by atoms with Gasteiger partial charge in [-0.2, -0.15) is 0 Å². The first-order chi connectivity index (χ1) is 17.2. The largest absolute Gasteiger partial charge is 0.355 e. The van der Waals surface area contributed by atoms with Crippen molar-refractivity contribution in [2.75, 3.05) is 16.0 Å². The minimum Gasteiger partial charge on any atom is -0.355 e. The van der Waals surface area contributed by atoms with Crippen LogP contribution in [0.2, 0.25) is 0 Å². The van der Waals surface area contributed by atoms with Gasteiger partial charge in [0.15, 0.2) is 5.69 Å². The van der Waals surface area contributed by atoms with E-state index in [9.17, 15) is 4.79 Å². The highest BCUT2D eigenvalue weighted by Crippen LogP contribution is 2.29. The molecule has 2 heterocycles. The van der Waals surface area contributed by atoms with E-state index in [1.807, 2.05) is 66.7 Å². The molecule has 0 radical (unpaired) electrons. The average Bonchev–Trinajstić information content (AvgIpc) is 2.90. The summed E-state index contributed by atoms with van der Waals surface area (Å²) in [6.07, 6.45) is 5.16. The monoisotopic (exact) mass is 456 g/mol. The number of carbonyl (C=O) groups excluding carboxylic acids is 1. The fourth-order valence-electron chi connectivity index (χ4n) is 3.65. The van der Waals surface area contributed by atoms with E-state index in [1.165, 1.54) is 0 Å². The van der Waals surface area contributed by atoms with Gasteiger partial charge in [-0.05, 0) is 72.8 Å².